The third-order valence-electron chi connectivity index (χ3n) is 5.85. The zero-order chi connectivity index (χ0) is 18.9. The highest BCUT2D eigenvalue weighted by atomic mass is 16.3. The summed E-state index contributed by atoms with van der Waals surface area (Å²) in [5.41, 5.74) is 4.10. The van der Waals surface area contributed by atoms with Crippen LogP contribution in [0.25, 0.3) is 11.3 Å². The van der Waals surface area contributed by atoms with E-state index in [0.717, 1.165) is 22.6 Å². The van der Waals surface area contributed by atoms with E-state index in [1.807, 2.05) is 24.3 Å². The van der Waals surface area contributed by atoms with Gasteiger partial charge in [0.25, 0.3) is 0 Å². The van der Waals surface area contributed by atoms with Gasteiger partial charge in [0.15, 0.2) is 17.9 Å². The Hall–Kier alpha value is -2.72. The molecule has 2 atom stereocenters. The van der Waals surface area contributed by atoms with Crippen molar-refractivity contribution in [3.05, 3.63) is 77.8 Å². The molecule has 142 valence electrons. The molecule has 0 radical (unpaired) electrons. The minimum Gasteiger partial charge on any atom is -0.444 e. The van der Waals surface area contributed by atoms with Crippen molar-refractivity contribution in [2.24, 2.45) is 5.92 Å². The zero-order valence-electron chi connectivity index (χ0n) is 15.8. The number of ketones is 1. The van der Waals surface area contributed by atoms with Gasteiger partial charge in [0.1, 0.15) is 0 Å². The number of hydrogen-bond donors (Lipinski definition) is 1. The van der Waals surface area contributed by atoms with Crippen LogP contribution in [0.3, 0.4) is 0 Å². The van der Waals surface area contributed by atoms with Crippen molar-refractivity contribution in [2.45, 2.75) is 37.6 Å². The van der Waals surface area contributed by atoms with Gasteiger partial charge >= 0.3 is 0 Å². The number of hydrogen-bond acceptors (Lipinski definition) is 4. The minimum atomic E-state index is 0.132. The number of Topliss-reactive ketones (excluding diaryl/α,β-unsaturated/α-hetero) is 1. The Bertz CT molecular complexity index is 941. The van der Waals surface area contributed by atoms with E-state index in [1.54, 1.807) is 6.20 Å². The average Bonchev–Trinajstić information content (AvgIpc) is 3.64. The number of aromatic nitrogens is 1. The summed E-state index contributed by atoms with van der Waals surface area (Å²) < 4.78 is 5.29. The van der Waals surface area contributed by atoms with Crippen LogP contribution in [0.15, 0.2) is 65.5 Å². The van der Waals surface area contributed by atoms with E-state index in [-0.39, 0.29) is 5.78 Å². The van der Waals surface area contributed by atoms with Crippen molar-refractivity contribution in [3.63, 3.8) is 0 Å². The first-order valence-electron chi connectivity index (χ1n) is 10.1. The molecule has 4 nitrogen and oxygen atoms in total. The Labute approximate surface area is 165 Å². The fourth-order valence-electron chi connectivity index (χ4n) is 3.78. The monoisotopic (exact) mass is 372 g/mol. The predicted octanol–water partition coefficient (Wildman–Crippen LogP) is 4.62. The van der Waals surface area contributed by atoms with Crippen LogP contribution in [0.4, 0.5) is 0 Å². The van der Waals surface area contributed by atoms with Gasteiger partial charge in [0.2, 0.25) is 0 Å². The molecule has 0 bridgehead atoms. The van der Waals surface area contributed by atoms with E-state index in [1.165, 1.54) is 37.8 Å². The van der Waals surface area contributed by atoms with Crippen LogP contribution in [-0.2, 0) is 6.42 Å². The highest BCUT2D eigenvalue weighted by molar-refractivity contribution is 5.97. The van der Waals surface area contributed by atoms with Crippen molar-refractivity contribution in [2.75, 3.05) is 6.54 Å². The molecule has 0 amide bonds. The van der Waals surface area contributed by atoms with E-state index in [9.17, 15) is 4.79 Å². The van der Waals surface area contributed by atoms with Gasteiger partial charge in [-0.2, -0.15) is 0 Å². The number of carbonyl (C=O) groups is 1. The summed E-state index contributed by atoms with van der Waals surface area (Å²) >= 11 is 0. The molecule has 1 heterocycles. The van der Waals surface area contributed by atoms with Crippen LogP contribution in [0.5, 0.6) is 0 Å². The maximum Gasteiger partial charge on any atom is 0.181 e. The largest absolute Gasteiger partial charge is 0.444 e. The van der Waals surface area contributed by atoms with Crippen LogP contribution >= 0.6 is 0 Å². The molecule has 0 spiro atoms. The van der Waals surface area contributed by atoms with Crippen molar-refractivity contribution in [1.82, 2.24) is 10.3 Å². The molecule has 2 unspecified atom stereocenters. The molecule has 2 fully saturated rings. The smallest absolute Gasteiger partial charge is 0.181 e. The Morgan fingerprint density at radius 3 is 2.54 bits per heavy atom. The molecule has 0 aliphatic heterocycles. The fourth-order valence-corrected chi connectivity index (χ4v) is 3.78. The molecular formula is C24H24N2O2. The SMILES string of the molecule is O=C(Cc1ccc(C2CC2NCC2CC2)cc1)c1ccc(-c2cnco2)cc1. The van der Waals surface area contributed by atoms with Gasteiger partial charge in [-0.25, -0.2) is 4.98 Å². The number of benzene rings is 2. The molecule has 2 aromatic carbocycles. The molecule has 4 heteroatoms. The Kier molecular flexibility index (Phi) is 4.57. The quantitative estimate of drug-likeness (QED) is 0.586. The number of nitrogens with one attached hydrogen (secondary N) is 1. The highest BCUT2D eigenvalue weighted by Crippen LogP contribution is 2.41. The second kappa shape index (κ2) is 7.36. The molecule has 3 aromatic rings. The fraction of sp³-hybridized carbons (Fsp3) is 0.333. The summed E-state index contributed by atoms with van der Waals surface area (Å²) in [5, 5.41) is 3.69. The van der Waals surface area contributed by atoms with E-state index < -0.39 is 0 Å². The number of oxazole rings is 1. The van der Waals surface area contributed by atoms with Gasteiger partial charge in [-0.3, -0.25) is 4.79 Å². The zero-order valence-corrected chi connectivity index (χ0v) is 15.8. The minimum absolute atomic E-state index is 0.132. The summed E-state index contributed by atoms with van der Waals surface area (Å²) in [6.07, 6.45) is 7.54. The summed E-state index contributed by atoms with van der Waals surface area (Å²) in [7, 11) is 0. The van der Waals surface area contributed by atoms with Crippen LogP contribution in [0.1, 0.15) is 46.7 Å². The van der Waals surface area contributed by atoms with Gasteiger partial charge in [-0.15, -0.1) is 0 Å². The van der Waals surface area contributed by atoms with Gasteiger partial charge in [-0.05, 0) is 42.9 Å². The highest BCUT2D eigenvalue weighted by Gasteiger charge is 2.38. The van der Waals surface area contributed by atoms with Crippen LogP contribution in [0.2, 0.25) is 0 Å². The van der Waals surface area contributed by atoms with E-state index >= 15 is 0 Å². The van der Waals surface area contributed by atoms with Crippen LogP contribution < -0.4 is 5.32 Å². The third-order valence-corrected chi connectivity index (χ3v) is 5.85. The van der Waals surface area contributed by atoms with Gasteiger partial charge in [0, 0.05) is 29.5 Å². The summed E-state index contributed by atoms with van der Waals surface area (Å²) in [6, 6.07) is 16.8. The van der Waals surface area contributed by atoms with E-state index in [0.29, 0.717) is 24.1 Å². The molecule has 0 saturated heterocycles. The Morgan fingerprint density at radius 2 is 1.86 bits per heavy atom. The first-order chi connectivity index (χ1) is 13.8. The van der Waals surface area contributed by atoms with Crippen molar-refractivity contribution in [1.29, 1.82) is 0 Å². The molecule has 2 aliphatic carbocycles. The Morgan fingerprint density at radius 1 is 1.07 bits per heavy atom. The van der Waals surface area contributed by atoms with E-state index in [2.05, 4.69) is 34.6 Å². The lowest BCUT2D eigenvalue weighted by molar-refractivity contribution is 0.0993. The standard InChI is InChI=1S/C24H24N2O2/c27-23(19-7-9-20(10-8-19)24-14-25-15-28-24)11-16-3-5-18(6-4-16)21-12-22(21)26-13-17-1-2-17/h3-10,14-15,17,21-22,26H,1-2,11-13H2. The van der Waals surface area contributed by atoms with Crippen LogP contribution in [-0.4, -0.2) is 23.4 Å². The number of nitrogens with zero attached hydrogens (tertiary/aromatic N) is 1. The lowest BCUT2D eigenvalue weighted by Crippen LogP contribution is -2.20. The molecule has 2 saturated carbocycles. The normalized spacial score (nSPS) is 20.9. The van der Waals surface area contributed by atoms with Crippen molar-refractivity contribution >= 4 is 5.78 Å². The van der Waals surface area contributed by atoms with E-state index in [4.69, 9.17) is 4.42 Å². The third kappa shape index (κ3) is 3.92. The first-order valence-corrected chi connectivity index (χ1v) is 10.1. The lowest BCUT2D eigenvalue weighted by Gasteiger charge is -2.06. The maximum atomic E-state index is 12.6. The number of carbonyl (C=O) groups excluding carboxylic acids is 1. The van der Waals surface area contributed by atoms with Gasteiger partial charge in [0.05, 0.1) is 6.20 Å². The summed E-state index contributed by atoms with van der Waals surface area (Å²) in [4.78, 5) is 16.5. The molecule has 1 N–H and O–H groups in total. The Balaban J connectivity index is 1.17. The predicted molar refractivity (Wildman–Crippen MR) is 108 cm³/mol. The topological polar surface area (TPSA) is 55.1 Å². The van der Waals surface area contributed by atoms with Crippen molar-refractivity contribution in [3.8, 4) is 11.3 Å². The maximum absolute atomic E-state index is 12.6. The first kappa shape index (κ1) is 17.4. The molecular weight excluding hydrogens is 348 g/mol. The summed E-state index contributed by atoms with van der Waals surface area (Å²) in [5.74, 6) is 2.42. The molecule has 5 rings (SSSR count). The van der Waals surface area contributed by atoms with Gasteiger partial charge in [-0.1, -0.05) is 48.5 Å². The second-order valence-corrected chi connectivity index (χ2v) is 8.08. The molecule has 2 aliphatic rings. The second-order valence-electron chi connectivity index (χ2n) is 8.08. The van der Waals surface area contributed by atoms with Crippen molar-refractivity contribution < 1.29 is 9.21 Å². The molecule has 1 aromatic heterocycles. The molecule has 28 heavy (non-hydrogen) atoms. The summed E-state index contributed by atoms with van der Waals surface area (Å²) in [6.45, 7) is 1.18. The lowest BCUT2D eigenvalue weighted by atomic mass is 10.00. The van der Waals surface area contributed by atoms with Gasteiger partial charge < -0.3 is 9.73 Å². The average molecular weight is 372 g/mol. The van der Waals surface area contributed by atoms with Crippen LogP contribution in [0, 0.1) is 5.92 Å². The number of rotatable bonds is 8.